The van der Waals surface area contributed by atoms with Crippen LogP contribution >= 0.6 is 11.6 Å². The summed E-state index contributed by atoms with van der Waals surface area (Å²) in [7, 11) is 0. The molecule has 2 aliphatic rings. The summed E-state index contributed by atoms with van der Waals surface area (Å²) in [5, 5.41) is 6.58. The predicted molar refractivity (Wildman–Crippen MR) is 122 cm³/mol. The van der Waals surface area contributed by atoms with Gasteiger partial charge >= 0.3 is 6.03 Å². The molecule has 30 heavy (non-hydrogen) atoms. The van der Waals surface area contributed by atoms with E-state index in [0.29, 0.717) is 42.2 Å². The van der Waals surface area contributed by atoms with Crippen LogP contribution in [0.5, 0.6) is 0 Å². The summed E-state index contributed by atoms with van der Waals surface area (Å²) in [6.45, 7) is 6.68. The third kappa shape index (κ3) is 7.17. The van der Waals surface area contributed by atoms with Crippen LogP contribution in [0, 0.1) is 5.92 Å². The minimum absolute atomic E-state index is 0.105. The second-order valence-corrected chi connectivity index (χ2v) is 9.10. The third-order valence-electron chi connectivity index (χ3n) is 6.34. The zero-order chi connectivity index (χ0) is 21.3. The van der Waals surface area contributed by atoms with Crippen LogP contribution in [0.3, 0.4) is 0 Å². The van der Waals surface area contributed by atoms with Crippen molar-refractivity contribution in [3.8, 4) is 0 Å². The van der Waals surface area contributed by atoms with E-state index in [1.165, 1.54) is 25.8 Å². The Morgan fingerprint density at radius 2 is 1.93 bits per heavy atom. The van der Waals surface area contributed by atoms with Gasteiger partial charge < -0.3 is 20.4 Å². The first-order valence-corrected chi connectivity index (χ1v) is 11.7. The molecule has 2 aliphatic heterocycles. The number of hydrogen-bond acceptors (Lipinski definition) is 3. The number of urea groups is 1. The van der Waals surface area contributed by atoms with E-state index in [2.05, 4.69) is 22.5 Å². The molecule has 0 bridgehead atoms. The fourth-order valence-corrected chi connectivity index (χ4v) is 4.63. The Hall–Kier alpha value is -1.79. The quantitative estimate of drug-likeness (QED) is 0.627. The first kappa shape index (κ1) is 22.9. The summed E-state index contributed by atoms with van der Waals surface area (Å²) >= 11 is 5.97. The first-order valence-electron chi connectivity index (χ1n) is 11.3. The molecule has 166 valence electrons. The van der Waals surface area contributed by atoms with Gasteiger partial charge in [-0.15, -0.1) is 0 Å². The largest absolute Gasteiger partial charge is 0.356 e. The number of piperidine rings is 2. The van der Waals surface area contributed by atoms with Crippen molar-refractivity contribution < 1.29 is 9.59 Å². The number of halogens is 1. The van der Waals surface area contributed by atoms with Gasteiger partial charge in [0.1, 0.15) is 0 Å². The summed E-state index contributed by atoms with van der Waals surface area (Å²) in [6.07, 6.45) is 7.23. The second-order valence-electron chi connectivity index (χ2n) is 8.66. The molecule has 2 N–H and O–H groups in total. The van der Waals surface area contributed by atoms with Gasteiger partial charge in [-0.25, -0.2) is 4.79 Å². The fraction of sp³-hybridized carbons (Fsp3) is 0.652. The van der Waals surface area contributed by atoms with E-state index in [1.807, 2.05) is 17.0 Å². The van der Waals surface area contributed by atoms with Gasteiger partial charge in [0.2, 0.25) is 5.91 Å². The van der Waals surface area contributed by atoms with Gasteiger partial charge in [-0.3, -0.25) is 4.79 Å². The highest BCUT2D eigenvalue weighted by Crippen LogP contribution is 2.22. The second kappa shape index (κ2) is 11.6. The number of carbonyl (C=O) groups excluding carboxylic acids is 2. The third-order valence-corrected chi connectivity index (χ3v) is 6.57. The lowest BCUT2D eigenvalue weighted by Gasteiger charge is -2.33. The summed E-state index contributed by atoms with van der Waals surface area (Å²) in [5.74, 6) is 0.492. The van der Waals surface area contributed by atoms with Crippen LogP contribution in [0.25, 0.3) is 0 Å². The van der Waals surface area contributed by atoms with Crippen molar-refractivity contribution in [1.29, 1.82) is 0 Å². The Kier molecular flexibility index (Phi) is 8.82. The molecule has 0 aromatic heterocycles. The molecule has 2 heterocycles. The molecule has 2 saturated heterocycles. The van der Waals surface area contributed by atoms with E-state index < -0.39 is 0 Å². The molecule has 3 rings (SSSR count). The van der Waals surface area contributed by atoms with E-state index in [0.717, 1.165) is 32.4 Å². The van der Waals surface area contributed by atoms with Crippen molar-refractivity contribution in [3.05, 3.63) is 29.3 Å². The minimum Gasteiger partial charge on any atom is -0.356 e. The minimum atomic E-state index is -0.105. The molecule has 0 unspecified atom stereocenters. The highest BCUT2D eigenvalue weighted by Gasteiger charge is 2.24. The molecule has 0 saturated carbocycles. The van der Waals surface area contributed by atoms with Crippen LogP contribution < -0.4 is 10.6 Å². The van der Waals surface area contributed by atoms with E-state index in [9.17, 15) is 9.59 Å². The molecular formula is C23H35ClN4O2. The van der Waals surface area contributed by atoms with Crippen molar-refractivity contribution in [2.75, 3.05) is 38.0 Å². The van der Waals surface area contributed by atoms with Gasteiger partial charge in [0.05, 0.1) is 0 Å². The molecule has 0 radical (unpaired) electrons. The van der Waals surface area contributed by atoms with E-state index in [-0.39, 0.29) is 11.9 Å². The summed E-state index contributed by atoms with van der Waals surface area (Å²) in [6, 6.07) is 7.73. The smallest absolute Gasteiger partial charge is 0.321 e. The molecule has 1 atom stereocenters. The summed E-state index contributed by atoms with van der Waals surface area (Å²) in [5.41, 5.74) is 0.702. The topological polar surface area (TPSA) is 64.7 Å². The number of rotatable bonds is 7. The van der Waals surface area contributed by atoms with Crippen molar-refractivity contribution >= 4 is 29.2 Å². The molecule has 2 fully saturated rings. The number of hydrogen-bond donors (Lipinski definition) is 2. The molecule has 7 heteroatoms. The maximum absolute atomic E-state index is 12.4. The van der Waals surface area contributed by atoms with Crippen LogP contribution in [-0.4, -0.2) is 60.5 Å². The van der Waals surface area contributed by atoms with Crippen LogP contribution in [-0.2, 0) is 4.79 Å². The summed E-state index contributed by atoms with van der Waals surface area (Å²) in [4.78, 5) is 29.1. The van der Waals surface area contributed by atoms with Gasteiger partial charge in [0.15, 0.2) is 0 Å². The highest BCUT2D eigenvalue weighted by atomic mass is 35.5. The van der Waals surface area contributed by atoms with E-state index in [4.69, 9.17) is 11.6 Å². The molecule has 6 nitrogen and oxygen atoms in total. The Labute approximate surface area is 185 Å². The zero-order valence-electron chi connectivity index (χ0n) is 18.0. The molecular weight excluding hydrogens is 400 g/mol. The van der Waals surface area contributed by atoms with Crippen molar-refractivity contribution in [1.82, 2.24) is 15.1 Å². The predicted octanol–water partition coefficient (Wildman–Crippen LogP) is 4.35. The number of carbonyl (C=O) groups is 2. The van der Waals surface area contributed by atoms with Crippen molar-refractivity contribution in [2.24, 2.45) is 5.92 Å². The van der Waals surface area contributed by atoms with Gasteiger partial charge in [-0.05, 0) is 69.7 Å². The Morgan fingerprint density at radius 1 is 1.13 bits per heavy atom. The van der Waals surface area contributed by atoms with Gasteiger partial charge in [-0.2, -0.15) is 0 Å². The maximum atomic E-state index is 12.4. The lowest BCUT2D eigenvalue weighted by molar-refractivity contribution is -0.122. The number of anilines is 1. The molecule has 1 aromatic rings. The molecule has 0 spiro atoms. The number of nitrogens with zero attached hydrogens (tertiary/aromatic N) is 2. The van der Waals surface area contributed by atoms with Crippen molar-refractivity contribution in [2.45, 2.75) is 57.9 Å². The number of likely N-dealkylation sites (tertiary alicyclic amines) is 2. The average molecular weight is 435 g/mol. The Morgan fingerprint density at radius 3 is 2.67 bits per heavy atom. The normalized spacial score (nSPS) is 20.7. The SMILES string of the molecule is C[C@@H]1CCCCN1CCCNC(=O)CC1CCN(C(=O)Nc2cccc(Cl)c2)CC1. The standard InChI is InChI=1S/C23H35ClN4O2/c1-18-6-2-3-12-27(18)13-5-11-25-22(29)16-19-9-14-28(15-10-19)23(30)26-21-8-4-7-20(24)17-21/h4,7-8,17-19H,2-3,5-6,9-16H2,1H3,(H,25,29)(H,26,30)/t18-/m1/s1. The monoisotopic (exact) mass is 434 g/mol. The zero-order valence-corrected chi connectivity index (χ0v) is 18.8. The fourth-order valence-electron chi connectivity index (χ4n) is 4.44. The number of benzene rings is 1. The number of nitrogens with one attached hydrogen (secondary N) is 2. The lowest BCUT2D eigenvalue weighted by Crippen LogP contribution is -2.42. The molecule has 3 amide bonds. The highest BCUT2D eigenvalue weighted by molar-refractivity contribution is 6.30. The van der Waals surface area contributed by atoms with Crippen LogP contribution in [0.2, 0.25) is 5.02 Å². The van der Waals surface area contributed by atoms with Gasteiger partial charge in [-0.1, -0.05) is 24.1 Å². The van der Waals surface area contributed by atoms with Crippen LogP contribution in [0.1, 0.15) is 51.9 Å². The first-order chi connectivity index (χ1) is 14.5. The Balaban J connectivity index is 1.29. The van der Waals surface area contributed by atoms with Crippen molar-refractivity contribution in [3.63, 3.8) is 0 Å². The number of amides is 3. The van der Waals surface area contributed by atoms with E-state index in [1.54, 1.807) is 12.1 Å². The molecule has 1 aromatic carbocycles. The van der Waals surface area contributed by atoms with Gasteiger partial charge in [0, 0.05) is 49.4 Å². The molecule has 0 aliphatic carbocycles. The van der Waals surface area contributed by atoms with Crippen LogP contribution in [0.4, 0.5) is 10.5 Å². The summed E-state index contributed by atoms with van der Waals surface area (Å²) < 4.78 is 0. The Bertz CT molecular complexity index is 706. The maximum Gasteiger partial charge on any atom is 0.321 e. The van der Waals surface area contributed by atoms with Crippen LogP contribution in [0.15, 0.2) is 24.3 Å². The van der Waals surface area contributed by atoms with Gasteiger partial charge in [0.25, 0.3) is 0 Å². The van der Waals surface area contributed by atoms with E-state index >= 15 is 0 Å². The lowest BCUT2D eigenvalue weighted by atomic mass is 9.93. The average Bonchev–Trinajstić information content (AvgIpc) is 2.73.